The molecular formula is C47H78O2. The zero-order valence-electron chi connectivity index (χ0n) is 33.3. The van der Waals surface area contributed by atoms with E-state index in [1.165, 1.54) is 83.5 Å². The second-order valence-corrected chi connectivity index (χ2v) is 17.9. The minimum absolute atomic E-state index is 0.0438. The minimum Gasteiger partial charge on any atom is -0.462 e. The highest BCUT2D eigenvalue weighted by molar-refractivity contribution is 5.69. The quantitative estimate of drug-likeness (QED) is 0.0730. The lowest BCUT2D eigenvalue weighted by molar-refractivity contribution is -0.151. The van der Waals surface area contributed by atoms with Gasteiger partial charge in [0.25, 0.3) is 0 Å². The Labute approximate surface area is 304 Å². The van der Waals surface area contributed by atoms with Gasteiger partial charge in [0.15, 0.2) is 0 Å². The van der Waals surface area contributed by atoms with Crippen LogP contribution < -0.4 is 0 Å². The highest BCUT2D eigenvalue weighted by Gasteiger charge is 2.59. The van der Waals surface area contributed by atoms with Crippen LogP contribution in [0.15, 0.2) is 48.1 Å². The lowest BCUT2D eigenvalue weighted by Gasteiger charge is -2.58. The third kappa shape index (κ3) is 10.7. The first kappa shape index (κ1) is 40.2. The van der Waals surface area contributed by atoms with Crippen LogP contribution in [0, 0.1) is 52.3 Å². The summed E-state index contributed by atoms with van der Waals surface area (Å²) >= 11 is 0. The smallest absolute Gasteiger partial charge is 0.306 e. The van der Waals surface area contributed by atoms with Crippen molar-refractivity contribution in [1.82, 2.24) is 0 Å². The van der Waals surface area contributed by atoms with Gasteiger partial charge in [-0.3, -0.25) is 4.79 Å². The summed E-state index contributed by atoms with van der Waals surface area (Å²) in [6, 6.07) is 0. The van der Waals surface area contributed by atoms with E-state index in [9.17, 15) is 4.79 Å². The highest BCUT2D eigenvalue weighted by Crippen LogP contribution is 2.67. The second-order valence-electron chi connectivity index (χ2n) is 17.9. The number of carbonyl (C=O) groups excluding carboxylic acids is 1. The topological polar surface area (TPSA) is 26.3 Å². The van der Waals surface area contributed by atoms with E-state index in [-0.39, 0.29) is 12.1 Å². The van der Waals surface area contributed by atoms with Crippen LogP contribution in [0.4, 0.5) is 0 Å². The van der Waals surface area contributed by atoms with E-state index in [1.807, 2.05) is 0 Å². The molecule has 9 atom stereocenters. The Hall–Kier alpha value is -1.57. The Morgan fingerprint density at radius 1 is 0.837 bits per heavy atom. The molecule has 0 amide bonds. The molecule has 0 saturated heterocycles. The Balaban J connectivity index is 1.15. The van der Waals surface area contributed by atoms with Crippen molar-refractivity contribution in [2.24, 2.45) is 52.3 Å². The summed E-state index contributed by atoms with van der Waals surface area (Å²) in [5.41, 5.74) is 2.49. The molecule has 3 saturated carbocycles. The van der Waals surface area contributed by atoms with Crippen molar-refractivity contribution < 1.29 is 9.53 Å². The molecule has 49 heavy (non-hydrogen) atoms. The Morgan fingerprint density at radius 2 is 1.55 bits per heavy atom. The van der Waals surface area contributed by atoms with Crippen molar-refractivity contribution in [3.8, 4) is 0 Å². The predicted molar refractivity (Wildman–Crippen MR) is 211 cm³/mol. The van der Waals surface area contributed by atoms with Gasteiger partial charge >= 0.3 is 5.97 Å². The molecule has 278 valence electrons. The van der Waals surface area contributed by atoms with Crippen molar-refractivity contribution in [2.75, 3.05) is 0 Å². The average Bonchev–Trinajstić information content (AvgIpc) is 3.44. The van der Waals surface area contributed by atoms with Gasteiger partial charge in [-0.1, -0.05) is 129 Å². The Bertz CT molecular complexity index is 1110. The van der Waals surface area contributed by atoms with E-state index in [1.54, 1.807) is 5.57 Å². The monoisotopic (exact) mass is 675 g/mol. The molecule has 0 bridgehead atoms. The molecule has 0 radical (unpaired) electrons. The maximum Gasteiger partial charge on any atom is 0.306 e. The fourth-order valence-corrected chi connectivity index (χ4v) is 11.5. The van der Waals surface area contributed by atoms with Gasteiger partial charge in [0, 0.05) is 12.8 Å². The summed E-state index contributed by atoms with van der Waals surface area (Å²) in [6.07, 6.45) is 41.6. The normalized spacial score (nSPS) is 32.7. The van der Waals surface area contributed by atoms with Crippen LogP contribution in [0.1, 0.15) is 183 Å². The molecule has 0 aromatic heterocycles. The third-order valence-corrected chi connectivity index (χ3v) is 14.6. The molecule has 0 heterocycles. The van der Waals surface area contributed by atoms with Crippen molar-refractivity contribution >= 4 is 5.97 Å². The average molecular weight is 675 g/mol. The fourth-order valence-electron chi connectivity index (χ4n) is 11.5. The summed E-state index contributed by atoms with van der Waals surface area (Å²) < 4.78 is 6.13. The first-order valence-electron chi connectivity index (χ1n) is 21.5. The number of hydrogen-bond acceptors (Lipinski definition) is 2. The Morgan fingerprint density at radius 3 is 2.29 bits per heavy atom. The predicted octanol–water partition coefficient (Wildman–Crippen LogP) is 14.2. The van der Waals surface area contributed by atoms with Crippen LogP contribution in [0.5, 0.6) is 0 Å². The number of ether oxygens (including phenoxy) is 1. The molecule has 0 spiro atoms. The van der Waals surface area contributed by atoms with Crippen LogP contribution in [0.2, 0.25) is 0 Å². The van der Waals surface area contributed by atoms with Crippen LogP contribution in [-0.2, 0) is 9.53 Å². The first-order valence-corrected chi connectivity index (χ1v) is 21.5. The van der Waals surface area contributed by atoms with Crippen LogP contribution >= 0.6 is 0 Å². The molecule has 0 N–H and O–H groups in total. The van der Waals surface area contributed by atoms with Gasteiger partial charge in [-0.15, -0.1) is 0 Å². The van der Waals surface area contributed by atoms with Crippen molar-refractivity contribution in [3.63, 3.8) is 0 Å². The first-order chi connectivity index (χ1) is 23.6. The number of allylic oxidation sites excluding steroid dienone is 7. The van der Waals surface area contributed by atoms with Crippen LogP contribution in [-0.4, -0.2) is 12.1 Å². The van der Waals surface area contributed by atoms with Crippen LogP contribution in [0.3, 0.4) is 0 Å². The van der Waals surface area contributed by atoms with Gasteiger partial charge < -0.3 is 4.74 Å². The van der Waals surface area contributed by atoms with Crippen molar-refractivity contribution in [2.45, 2.75) is 189 Å². The number of rotatable bonds is 20. The molecule has 0 aromatic rings. The molecule has 3 fully saturated rings. The second kappa shape index (κ2) is 19.9. The molecule has 0 unspecified atom stereocenters. The number of esters is 1. The van der Waals surface area contributed by atoms with Crippen molar-refractivity contribution in [3.05, 3.63) is 48.1 Å². The molecule has 0 aromatic carbocycles. The fraction of sp³-hybridized carbons (Fsp3) is 0.809. The number of hydrogen-bond donors (Lipinski definition) is 0. The number of unbranched alkanes of at least 4 members (excludes halogenated alkanes) is 5. The molecule has 2 nitrogen and oxygen atoms in total. The number of carbonyl (C=O) groups is 1. The molecular weight excluding hydrogens is 597 g/mol. The standard InChI is InChI=1S/C47H78O2/c1-8-10-11-12-13-14-15-16-17-18-19-20-21-22-23-24-45(48)49-40-31-33-46(6)39(35-40)27-28-41-43-30-29-42(47(43,7)34-32-44(41)46)37(5)25-26-38(9-2)36(3)4/h10-11,13-14,16-17,27,36-38,40-44H,8-9,12,15,18-26,28-35H2,1-7H3/b11-10-,14-13-,17-16-/t37-,38-,40+,41+,42-,43+,44+,46+,47-/m1/s1. The van der Waals surface area contributed by atoms with Gasteiger partial charge in [0.2, 0.25) is 0 Å². The maximum atomic E-state index is 12.8. The molecule has 0 aliphatic heterocycles. The summed E-state index contributed by atoms with van der Waals surface area (Å²) in [4.78, 5) is 12.8. The highest BCUT2D eigenvalue weighted by atomic mass is 16.5. The zero-order chi connectivity index (χ0) is 35.3. The largest absolute Gasteiger partial charge is 0.462 e. The molecule has 4 aliphatic rings. The van der Waals surface area contributed by atoms with Gasteiger partial charge in [-0.25, -0.2) is 0 Å². The SMILES string of the molecule is CC/C=C\C/C=C\C/C=C\CCCCCCCC(=O)O[C@H]1CC[C@@]2(C)C(=CC[C@H]3[C@@H]4CC[C@H]([C@H](C)CC[C@@H](CC)C(C)C)[C@@]4(C)CC[C@@H]32)C1. The lowest BCUT2D eigenvalue weighted by Crippen LogP contribution is -2.51. The van der Waals surface area contributed by atoms with Gasteiger partial charge in [-0.05, 0) is 142 Å². The lowest BCUT2D eigenvalue weighted by atomic mass is 9.47. The van der Waals surface area contributed by atoms with E-state index < -0.39 is 0 Å². The van der Waals surface area contributed by atoms with Gasteiger partial charge in [0.1, 0.15) is 6.10 Å². The summed E-state index contributed by atoms with van der Waals surface area (Å²) in [5, 5.41) is 0. The number of fused-ring (bicyclic) bond motifs is 5. The minimum atomic E-state index is 0.0438. The molecule has 4 aliphatic carbocycles. The molecule has 4 rings (SSSR count). The zero-order valence-corrected chi connectivity index (χ0v) is 33.3. The van der Waals surface area contributed by atoms with Crippen molar-refractivity contribution in [1.29, 1.82) is 0 Å². The molecule has 2 heteroatoms. The van der Waals surface area contributed by atoms with E-state index in [4.69, 9.17) is 4.74 Å². The van der Waals surface area contributed by atoms with Gasteiger partial charge in [-0.2, -0.15) is 0 Å². The van der Waals surface area contributed by atoms with Crippen LogP contribution in [0.25, 0.3) is 0 Å². The summed E-state index contributed by atoms with van der Waals surface area (Å²) in [7, 11) is 0. The summed E-state index contributed by atoms with van der Waals surface area (Å²) in [6.45, 7) is 17.3. The van der Waals surface area contributed by atoms with Gasteiger partial charge in [0.05, 0.1) is 0 Å². The maximum absolute atomic E-state index is 12.8. The van der Waals surface area contributed by atoms with E-state index >= 15 is 0 Å². The summed E-state index contributed by atoms with van der Waals surface area (Å²) in [5.74, 6) is 6.11. The van der Waals surface area contributed by atoms with E-state index in [0.717, 1.165) is 86.4 Å². The van der Waals surface area contributed by atoms with E-state index in [2.05, 4.69) is 91.0 Å². The van der Waals surface area contributed by atoms with E-state index in [0.29, 0.717) is 17.3 Å². The third-order valence-electron chi connectivity index (χ3n) is 14.6. The Kier molecular flexibility index (Phi) is 16.3.